The summed E-state index contributed by atoms with van der Waals surface area (Å²) in [4.78, 5) is 5.44. The van der Waals surface area contributed by atoms with Gasteiger partial charge in [0, 0.05) is 10.6 Å². The number of ether oxygens (including phenoxy) is 2. The summed E-state index contributed by atoms with van der Waals surface area (Å²) in [6, 6.07) is 11.6. The number of hydrogen-bond donors (Lipinski definition) is 0. The monoisotopic (exact) mass is 497 g/mol. The minimum Gasteiger partial charge on any atom is -0.493 e. The van der Waals surface area contributed by atoms with Gasteiger partial charge in [0.05, 0.1) is 12.3 Å². The van der Waals surface area contributed by atoms with Gasteiger partial charge in [-0.15, -0.1) is 0 Å². The fourth-order valence-electron chi connectivity index (χ4n) is 3.13. The Labute approximate surface area is 206 Å². The first kappa shape index (κ1) is 26.4. The number of rotatable bonds is 13. The summed E-state index contributed by atoms with van der Waals surface area (Å²) in [7, 11) is 0. The van der Waals surface area contributed by atoms with E-state index in [1.54, 1.807) is 6.08 Å². The van der Waals surface area contributed by atoms with Gasteiger partial charge in [0.1, 0.15) is 29.2 Å². The van der Waals surface area contributed by atoms with Gasteiger partial charge in [0.25, 0.3) is 0 Å². The number of unbranched alkanes of at least 4 members (excludes halogenated alkanes) is 2. The van der Waals surface area contributed by atoms with Crippen LogP contribution < -0.4 is 9.47 Å². The van der Waals surface area contributed by atoms with Crippen molar-refractivity contribution in [2.24, 2.45) is 5.16 Å². The number of oxime groups is 1. The molecular formula is C25H30Cl3NO3. The lowest BCUT2D eigenvalue weighted by atomic mass is 10.1. The maximum absolute atomic E-state index is 6.17. The van der Waals surface area contributed by atoms with E-state index < -0.39 is 0 Å². The Balaban J connectivity index is 1.72. The van der Waals surface area contributed by atoms with Crippen molar-refractivity contribution in [3.05, 3.63) is 68.7 Å². The summed E-state index contributed by atoms with van der Waals surface area (Å²) < 4.78 is 12.0. The van der Waals surface area contributed by atoms with E-state index in [-0.39, 0.29) is 4.49 Å². The van der Waals surface area contributed by atoms with Crippen molar-refractivity contribution in [3.63, 3.8) is 0 Å². The molecule has 4 nitrogen and oxygen atoms in total. The average Bonchev–Trinajstić information content (AvgIpc) is 2.76. The van der Waals surface area contributed by atoms with Crippen LogP contribution in [0.4, 0.5) is 0 Å². The molecule has 0 saturated carbocycles. The van der Waals surface area contributed by atoms with Crippen LogP contribution in [0.5, 0.6) is 11.5 Å². The van der Waals surface area contributed by atoms with Crippen LogP contribution in [-0.4, -0.2) is 25.5 Å². The van der Waals surface area contributed by atoms with E-state index in [0.29, 0.717) is 24.8 Å². The molecule has 0 amide bonds. The highest BCUT2D eigenvalue weighted by Gasteiger charge is 2.09. The Morgan fingerprint density at radius 3 is 2.50 bits per heavy atom. The van der Waals surface area contributed by atoms with Crippen molar-refractivity contribution in [2.75, 3.05) is 19.8 Å². The molecule has 0 bridgehead atoms. The van der Waals surface area contributed by atoms with Gasteiger partial charge in [-0.05, 0) is 74.9 Å². The van der Waals surface area contributed by atoms with Crippen molar-refractivity contribution in [2.45, 2.75) is 46.5 Å². The summed E-state index contributed by atoms with van der Waals surface area (Å²) in [5, 5.41) is 4.84. The highest BCUT2D eigenvalue weighted by Crippen LogP contribution is 2.30. The molecule has 0 spiro atoms. The highest BCUT2D eigenvalue weighted by atomic mass is 35.5. The number of aryl methyl sites for hydroxylation is 2. The van der Waals surface area contributed by atoms with Gasteiger partial charge in [-0.1, -0.05) is 65.1 Å². The quantitative estimate of drug-likeness (QED) is 0.160. The molecule has 0 aliphatic rings. The van der Waals surface area contributed by atoms with E-state index in [2.05, 4.69) is 12.1 Å². The molecule has 2 aromatic rings. The molecule has 2 aromatic carbocycles. The Morgan fingerprint density at radius 1 is 1.03 bits per heavy atom. The molecule has 0 fully saturated rings. The summed E-state index contributed by atoms with van der Waals surface area (Å²) in [5.41, 5.74) is 3.83. The van der Waals surface area contributed by atoms with Crippen LogP contribution in [0.1, 0.15) is 49.8 Å². The van der Waals surface area contributed by atoms with Crippen molar-refractivity contribution in [1.82, 2.24) is 0 Å². The van der Waals surface area contributed by atoms with Gasteiger partial charge in [-0.2, -0.15) is 0 Å². The second kappa shape index (κ2) is 14.3. The van der Waals surface area contributed by atoms with Crippen molar-refractivity contribution >= 4 is 40.5 Å². The molecule has 0 aliphatic carbocycles. The molecule has 0 aromatic heterocycles. The lowest BCUT2D eigenvalue weighted by Crippen LogP contribution is -2.04. The van der Waals surface area contributed by atoms with Crippen molar-refractivity contribution < 1.29 is 14.3 Å². The van der Waals surface area contributed by atoms with E-state index in [4.69, 9.17) is 49.1 Å². The first-order chi connectivity index (χ1) is 15.4. The standard InChI is InChI=1S/C25H30Cl3NO3/c1-4-20-17-21(30-15-12-24(27)28)16-18(2)25(20)31-13-8-5-9-14-32-29-19(3)22-10-6-7-11-23(22)26/h6-7,10-12,16-17H,4-5,8-9,13-15H2,1-3H3/b29-19+. The van der Waals surface area contributed by atoms with E-state index in [0.717, 1.165) is 59.6 Å². The minimum atomic E-state index is 0.199. The number of hydrogen-bond acceptors (Lipinski definition) is 4. The second-order valence-corrected chi connectivity index (χ2v) is 8.70. The lowest BCUT2D eigenvalue weighted by Gasteiger charge is -2.15. The van der Waals surface area contributed by atoms with Gasteiger partial charge < -0.3 is 14.3 Å². The minimum absolute atomic E-state index is 0.199. The Morgan fingerprint density at radius 2 is 1.78 bits per heavy atom. The number of benzene rings is 2. The lowest BCUT2D eigenvalue weighted by molar-refractivity contribution is 0.138. The third kappa shape index (κ3) is 8.93. The molecule has 32 heavy (non-hydrogen) atoms. The van der Waals surface area contributed by atoms with Crippen LogP contribution in [0.2, 0.25) is 5.02 Å². The zero-order valence-corrected chi connectivity index (χ0v) is 21.1. The van der Waals surface area contributed by atoms with Crippen molar-refractivity contribution in [1.29, 1.82) is 0 Å². The molecule has 7 heteroatoms. The first-order valence-electron chi connectivity index (χ1n) is 10.7. The van der Waals surface area contributed by atoms with E-state index in [1.165, 1.54) is 0 Å². The molecule has 0 atom stereocenters. The molecule has 0 radical (unpaired) electrons. The zero-order chi connectivity index (χ0) is 23.3. The largest absolute Gasteiger partial charge is 0.493 e. The van der Waals surface area contributed by atoms with Gasteiger partial charge in [0.2, 0.25) is 0 Å². The first-order valence-corrected chi connectivity index (χ1v) is 11.9. The van der Waals surface area contributed by atoms with Crippen LogP contribution in [-0.2, 0) is 11.3 Å². The molecule has 0 saturated heterocycles. The second-order valence-electron chi connectivity index (χ2n) is 7.29. The third-order valence-electron chi connectivity index (χ3n) is 4.79. The SMILES string of the molecule is CCc1cc(OCC=C(Cl)Cl)cc(C)c1OCCCCCO/N=C(\C)c1ccccc1Cl. The summed E-state index contributed by atoms with van der Waals surface area (Å²) in [6.07, 6.45) is 5.31. The molecule has 0 unspecified atom stereocenters. The zero-order valence-electron chi connectivity index (χ0n) is 18.8. The molecule has 2 rings (SSSR count). The van der Waals surface area contributed by atoms with Crippen molar-refractivity contribution in [3.8, 4) is 11.5 Å². The summed E-state index contributed by atoms with van der Waals surface area (Å²) in [5.74, 6) is 1.71. The summed E-state index contributed by atoms with van der Waals surface area (Å²) >= 11 is 17.4. The van der Waals surface area contributed by atoms with Crippen LogP contribution in [0.3, 0.4) is 0 Å². The smallest absolute Gasteiger partial charge is 0.125 e. The molecule has 0 aliphatic heterocycles. The number of halogens is 3. The van der Waals surface area contributed by atoms with Crippen LogP contribution in [0, 0.1) is 6.92 Å². The van der Waals surface area contributed by atoms with Gasteiger partial charge in [-0.3, -0.25) is 0 Å². The molecule has 0 N–H and O–H groups in total. The summed E-state index contributed by atoms with van der Waals surface area (Å²) in [6.45, 7) is 7.56. The molecule has 174 valence electrons. The Kier molecular flexibility index (Phi) is 11.8. The normalized spacial score (nSPS) is 11.2. The predicted octanol–water partition coefficient (Wildman–Crippen LogP) is 7.90. The van der Waals surface area contributed by atoms with Crippen LogP contribution >= 0.6 is 34.8 Å². The fraction of sp³-hybridized carbons (Fsp3) is 0.400. The highest BCUT2D eigenvalue weighted by molar-refractivity contribution is 6.55. The van der Waals surface area contributed by atoms with E-state index in [9.17, 15) is 0 Å². The van der Waals surface area contributed by atoms with Crippen LogP contribution in [0.25, 0.3) is 0 Å². The molecular weight excluding hydrogens is 469 g/mol. The van der Waals surface area contributed by atoms with Gasteiger partial charge in [-0.25, -0.2) is 0 Å². The fourth-order valence-corrected chi connectivity index (χ4v) is 3.53. The molecule has 0 heterocycles. The topological polar surface area (TPSA) is 40.0 Å². The Bertz CT molecular complexity index is 925. The third-order valence-corrected chi connectivity index (χ3v) is 5.42. The van der Waals surface area contributed by atoms with Gasteiger partial charge >= 0.3 is 0 Å². The average molecular weight is 499 g/mol. The number of nitrogens with zero attached hydrogens (tertiary/aromatic N) is 1. The maximum atomic E-state index is 6.17. The Hall–Kier alpha value is -1.88. The van der Waals surface area contributed by atoms with Crippen LogP contribution in [0.15, 0.2) is 52.1 Å². The van der Waals surface area contributed by atoms with Gasteiger partial charge in [0.15, 0.2) is 0 Å². The maximum Gasteiger partial charge on any atom is 0.125 e. The van der Waals surface area contributed by atoms with E-state index >= 15 is 0 Å². The predicted molar refractivity (Wildman–Crippen MR) is 135 cm³/mol. The van der Waals surface area contributed by atoms with E-state index in [1.807, 2.05) is 50.2 Å².